The lowest BCUT2D eigenvalue weighted by molar-refractivity contribution is 0.385. The van der Waals surface area contributed by atoms with Gasteiger partial charge in [0, 0.05) is 19.6 Å². The molecule has 2 heterocycles. The molecular formula is C17H23N3O2S. The molecule has 124 valence electrons. The Morgan fingerprint density at radius 1 is 1.22 bits per heavy atom. The summed E-state index contributed by atoms with van der Waals surface area (Å²) in [5, 5.41) is 4.27. The smallest absolute Gasteiger partial charge is 0.247 e. The molecule has 1 atom stereocenters. The molecule has 0 spiro atoms. The highest BCUT2D eigenvalue weighted by Crippen LogP contribution is 2.31. The average molecular weight is 333 g/mol. The van der Waals surface area contributed by atoms with Crippen molar-refractivity contribution < 1.29 is 8.42 Å². The maximum absolute atomic E-state index is 13.2. The van der Waals surface area contributed by atoms with Crippen LogP contribution in [0.25, 0.3) is 0 Å². The number of hydrogen-bond acceptors (Lipinski definition) is 3. The molecule has 0 bridgehead atoms. The quantitative estimate of drug-likeness (QED) is 0.863. The molecule has 0 N–H and O–H groups in total. The number of hydrogen-bond donors (Lipinski definition) is 0. The lowest BCUT2D eigenvalue weighted by Crippen LogP contribution is -2.37. The Hall–Kier alpha value is -1.66. The van der Waals surface area contributed by atoms with E-state index in [2.05, 4.69) is 17.2 Å². The molecule has 5 nitrogen and oxygen atoms in total. The highest BCUT2D eigenvalue weighted by Gasteiger charge is 2.38. The molecule has 23 heavy (non-hydrogen) atoms. The second-order valence-corrected chi connectivity index (χ2v) is 8.05. The van der Waals surface area contributed by atoms with Gasteiger partial charge in [-0.15, -0.1) is 0 Å². The number of benzene rings is 1. The summed E-state index contributed by atoms with van der Waals surface area (Å²) in [6.07, 6.45) is 2.58. The SMILES string of the molecule is Cc1nn(C)c(C)c1S(=O)(=O)N1CCC[C@@H]1Cc1ccccc1. The zero-order valence-corrected chi connectivity index (χ0v) is 14.7. The van der Waals surface area contributed by atoms with Gasteiger partial charge in [-0.2, -0.15) is 9.40 Å². The van der Waals surface area contributed by atoms with E-state index in [0.29, 0.717) is 22.8 Å². The van der Waals surface area contributed by atoms with Crippen LogP contribution in [-0.2, 0) is 23.5 Å². The van der Waals surface area contributed by atoms with Crippen LogP contribution < -0.4 is 0 Å². The molecule has 6 heteroatoms. The van der Waals surface area contributed by atoms with Crippen LogP contribution in [0.1, 0.15) is 29.8 Å². The average Bonchev–Trinajstić information content (AvgIpc) is 3.06. The second-order valence-electron chi connectivity index (χ2n) is 6.23. The summed E-state index contributed by atoms with van der Waals surface area (Å²) in [7, 11) is -1.71. The summed E-state index contributed by atoms with van der Waals surface area (Å²) < 4.78 is 29.6. The first-order chi connectivity index (χ1) is 10.9. The summed E-state index contributed by atoms with van der Waals surface area (Å²) in [6.45, 7) is 4.17. The van der Waals surface area contributed by atoms with Gasteiger partial charge in [-0.1, -0.05) is 30.3 Å². The van der Waals surface area contributed by atoms with E-state index >= 15 is 0 Å². The minimum atomic E-state index is -3.50. The van der Waals surface area contributed by atoms with Crippen LogP contribution in [0, 0.1) is 13.8 Å². The van der Waals surface area contributed by atoms with Gasteiger partial charge in [0.15, 0.2) is 0 Å². The van der Waals surface area contributed by atoms with Crippen LogP contribution in [0.5, 0.6) is 0 Å². The van der Waals surface area contributed by atoms with Gasteiger partial charge in [-0.25, -0.2) is 8.42 Å². The van der Waals surface area contributed by atoms with Crippen molar-refractivity contribution in [2.24, 2.45) is 7.05 Å². The van der Waals surface area contributed by atoms with E-state index in [9.17, 15) is 8.42 Å². The van der Waals surface area contributed by atoms with E-state index in [1.165, 1.54) is 5.56 Å². The van der Waals surface area contributed by atoms with Crippen LogP contribution in [0.4, 0.5) is 0 Å². The molecule has 2 aromatic rings. The molecule has 1 saturated heterocycles. The number of nitrogens with zero attached hydrogens (tertiary/aromatic N) is 3. The fraction of sp³-hybridized carbons (Fsp3) is 0.471. The lowest BCUT2D eigenvalue weighted by atomic mass is 10.1. The summed E-state index contributed by atoms with van der Waals surface area (Å²) in [4.78, 5) is 0.375. The largest absolute Gasteiger partial charge is 0.271 e. The molecule has 1 aliphatic rings. The Labute approximate surface area is 138 Å². The maximum atomic E-state index is 13.2. The van der Waals surface area contributed by atoms with Crippen molar-refractivity contribution in [3.63, 3.8) is 0 Å². The van der Waals surface area contributed by atoms with Crippen molar-refractivity contribution in [3.8, 4) is 0 Å². The fourth-order valence-electron chi connectivity index (χ4n) is 3.46. The van der Waals surface area contributed by atoms with E-state index in [0.717, 1.165) is 19.3 Å². The third-order valence-corrected chi connectivity index (χ3v) is 6.85. The van der Waals surface area contributed by atoms with Crippen molar-refractivity contribution in [1.29, 1.82) is 0 Å². The molecule has 3 rings (SSSR count). The first kappa shape index (κ1) is 16.2. The molecule has 1 aliphatic heterocycles. The standard InChI is InChI=1S/C17H23N3O2S/c1-13-17(14(2)19(3)18-13)23(21,22)20-11-7-10-16(20)12-15-8-5-4-6-9-15/h4-6,8-9,16H,7,10-12H2,1-3H3/t16-/m1/s1. The van der Waals surface area contributed by atoms with Crippen molar-refractivity contribution in [2.45, 2.75) is 44.0 Å². The predicted molar refractivity (Wildman–Crippen MR) is 89.7 cm³/mol. The Balaban J connectivity index is 1.92. The fourth-order valence-corrected chi connectivity index (χ4v) is 5.56. The highest BCUT2D eigenvalue weighted by atomic mass is 32.2. The van der Waals surface area contributed by atoms with E-state index in [-0.39, 0.29) is 6.04 Å². The number of sulfonamides is 1. The van der Waals surface area contributed by atoms with Gasteiger partial charge in [0.1, 0.15) is 4.90 Å². The topological polar surface area (TPSA) is 55.2 Å². The second kappa shape index (κ2) is 6.09. The normalized spacial score (nSPS) is 19.3. The van der Waals surface area contributed by atoms with Crippen LogP contribution in [0.3, 0.4) is 0 Å². The monoisotopic (exact) mass is 333 g/mol. The van der Waals surface area contributed by atoms with Crippen molar-refractivity contribution >= 4 is 10.0 Å². The van der Waals surface area contributed by atoms with Crippen LogP contribution >= 0.6 is 0 Å². The van der Waals surface area contributed by atoms with Crippen molar-refractivity contribution in [1.82, 2.24) is 14.1 Å². The molecule has 0 unspecified atom stereocenters. The minimum absolute atomic E-state index is 0.0291. The molecule has 1 aromatic carbocycles. The Kier molecular flexibility index (Phi) is 4.29. The zero-order chi connectivity index (χ0) is 16.6. The van der Waals surface area contributed by atoms with Gasteiger partial charge >= 0.3 is 0 Å². The number of aromatic nitrogens is 2. The van der Waals surface area contributed by atoms with Crippen LogP contribution in [0.15, 0.2) is 35.2 Å². The predicted octanol–water partition coefficient (Wildman–Crippen LogP) is 2.43. The summed E-state index contributed by atoms with van der Waals surface area (Å²) in [5.41, 5.74) is 2.46. The molecule has 0 amide bonds. The van der Waals surface area contributed by atoms with Gasteiger partial charge in [0.25, 0.3) is 0 Å². The Morgan fingerprint density at radius 3 is 2.52 bits per heavy atom. The lowest BCUT2D eigenvalue weighted by Gasteiger charge is -2.24. The number of rotatable bonds is 4. The van der Waals surface area contributed by atoms with Crippen molar-refractivity contribution in [2.75, 3.05) is 6.54 Å². The molecule has 0 saturated carbocycles. The van der Waals surface area contributed by atoms with Gasteiger partial charge in [-0.05, 0) is 38.7 Å². The third-order valence-electron chi connectivity index (χ3n) is 4.65. The first-order valence-corrected chi connectivity index (χ1v) is 9.41. The summed E-state index contributed by atoms with van der Waals surface area (Å²) in [5.74, 6) is 0. The molecule has 0 radical (unpaired) electrons. The zero-order valence-electron chi connectivity index (χ0n) is 13.9. The van der Waals surface area contributed by atoms with Crippen LogP contribution in [-0.4, -0.2) is 35.1 Å². The minimum Gasteiger partial charge on any atom is -0.271 e. The Morgan fingerprint density at radius 2 is 1.91 bits per heavy atom. The van der Waals surface area contributed by atoms with Crippen molar-refractivity contribution in [3.05, 3.63) is 47.3 Å². The van der Waals surface area contributed by atoms with Gasteiger partial charge in [-0.3, -0.25) is 4.68 Å². The van der Waals surface area contributed by atoms with Crippen LogP contribution in [0.2, 0.25) is 0 Å². The molecule has 1 aromatic heterocycles. The first-order valence-electron chi connectivity index (χ1n) is 7.97. The Bertz CT molecular complexity index is 797. The van der Waals surface area contributed by atoms with E-state index in [4.69, 9.17) is 0 Å². The highest BCUT2D eigenvalue weighted by molar-refractivity contribution is 7.89. The molecular weight excluding hydrogens is 310 g/mol. The molecule has 1 fully saturated rings. The van der Waals surface area contributed by atoms with Gasteiger partial charge < -0.3 is 0 Å². The van der Waals surface area contributed by atoms with Gasteiger partial charge in [0.2, 0.25) is 10.0 Å². The van der Waals surface area contributed by atoms with Gasteiger partial charge in [0.05, 0.1) is 11.4 Å². The maximum Gasteiger partial charge on any atom is 0.247 e. The number of aryl methyl sites for hydroxylation is 2. The summed E-state index contributed by atoms with van der Waals surface area (Å²) in [6, 6.07) is 10.1. The molecule has 0 aliphatic carbocycles. The third kappa shape index (κ3) is 2.93. The van der Waals surface area contributed by atoms with E-state index < -0.39 is 10.0 Å². The summed E-state index contributed by atoms with van der Waals surface area (Å²) >= 11 is 0. The van der Waals surface area contributed by atoms with E-state index in [1.807, 2.05) is 25.1 Å². The van der Waals surface area contributed by atoms with E-state index in [1.54, 1.807) is 23.0 Å².